The van der Waals surface area contributed by atoms with Gasteiger partial charge in [-0.05, 0) is 19.1 Å². The molecule has 3 N–H and O–H groups in total. The van der Waals surface area contributed by atoms with Gasteiger partial charge >= 0.3 is 0 Å². The fourth-order valence-corrected chi connectivity index (χ4v) is 1.73. The Morgan fingerprint density at radius 3 is 2.76 bits per heavy atom. The van der Waals surface area contributed by atoms with Crippen molar-refractivity contribution >= 4 is 11.6 Å². The third kappa shape index (κ3) is 5.27. The molecule has 0 atom stereocenters. The Kier molecular flexibility index (Phi) is 5.78. The molecule has 1 aromatic carbocycles. The molecule has 21 heavy (non-hydrogen) atoms. The first-order valence-corrected chi connectivity index (χ1v) is 6.91. The van der Waals surface area contributed by atoms with Crippen LogP contribution in [0.5, 0.6) is 5.75 Å². The Hall–Kier alpha value is -2.34. The molecule has 0 aliphatic carbocycles. The molecule has 0 fully saturated rings. The molecular weight excluding hydrogens is 268 g/mol. The number of nitrogens with zero attached hydrogens (tertiary/aromatic N) is 2. The molecule has 0 saturated heterocycles. The van der Waals surface area contributed by atoms with Gasteiger partial charge in [-0.2, -0.15) is 0 Å². The zero-order valence-corrected chi connectivity index (χ0v) is 12.1. The van der Waals surface area contributed by atoms with Crippen LogP contribution in [-0.2, 0) is 11.3 Å². The molecule has 6 heteroatoms. The van der Waals surface area contributed by atoms with E-state index in [1.54, 1.807) is 6.07 Å². The van der Waals surface area contributed by atoms with Crippen LogP contribution in [0.2, 0.25) is 0 Å². The predicted octanol–water partition coefficient (Wildman–Crippen LogP) is 2.09. The summed E-state index contributed by atoms with van der Waals surface area (Å²) in [5.74, 6) is 2.52. The molecule has 112 valence electrons. The largest absolute Gasteiger partial charge is 0.492 e. The minimum atomic E-state index is 0.358. The fourth-order valence-electron chi connectivity index (χ4n) is 1.73. The van der Waals surface area contributed by atoms with Gasteiger partial charge in [0.05, 0.1) is 6.54 Å². The van der Waals surface area contributed by atoms with Crippen molar-refractivity contribution in [2.45, 2.75) is 13.5 Å². The van der Waals surface area contributed by atoms with Crippen molar-refractivity contribution in [3.63, 3.8) is 0 Å². The molecular formula is C15H20N4O2. The number of nitrogens with one attached hydrogen (secondary N) is 1. The van der Waals surface area contributed by atoms with E-state index in [1.807, 2.05) is 37.3 Å². The second-order valence-electron chi connectivity index (χ2n) is 4.32. The van der Waals surface area contributed by atoms with Crippen LogP contribution >= 0.6 is 0 Å². The first kappa shape index (κ1) is 15.1. The molecule has 0 bridgehead atoms. The number of aromatic nitrogens is 2. The first-order chi connectivity index (χ1) is 10.3. The van der Waals surface area contributed by atoms with Crippen LogP contribution in [-0.4, -0.2) is 29.7 Å². The average molecular weight is 288 g/mol. The topological polar surface area (TPSA) is 82.3 Å². The summed E-state index contributed by atoms with van der Waals surface area (Å²) in [7, 11) is 0. The minimum absolute atomic E-state index is 0.358. The summed E-state index contributed by atoms with van der Waals surface area (Å²) in [6.45, 7) is 4.06. The molecule has 0 aliphatic rings. The number of benzene rings is 1. The summed E-state index contributed by atoms with van der Waals surface area (Å²) in [4.78, 5) is 8.45. The number of nitrogen functional groups attached to an aromatic ring is 1. The van der Waals surface area contributed by atoms with Crippen LogP contribution in [0.15, 0.2) is 36.4 Å². The van der Waals surface area contributed by atoms with Gasteiger partial charge in [0.2, 0.25) is 0 Å². The van der Waals surface area contributed by atoms with E-state index in [9.17, 15) is 0 Å². The van der Waals surface area contributed by atoms with Crippen LogP contribution in [0, 0.1) is 0 Å². The van der Waals surface area contributed by atoms with Crippen LogP contribution in [0.4, 0.5) is 11.6 Å². The lowest BCUT2D eigenvalue weighted by atomic mass is 10.3. The van der Waals surface area contributed by atoms with Crippen molar-refractivity contribution in [3.05, 3.63) is 42.2 Å². The maximum atomic E-state index is 5.75. The summed E-state index contributed by atoms with van der Waals surface area (Å²) in [5, 5.41) is 3.16. The van der Waals surface area contributed by atoms with E-state index in [1.165, 1.54) is 0 Å². The molecule has 0 aliphatic heterocycles. The highest BCUT2D eigenvalue weighted by Crippen LogP contribution is 2.10. The SMILES string of the molecule is CCOCc1nc(N)cc(NCCOc2ccccc2)n1. The molecule has 2 aromatic rings. The Bertz CT molecular complexity index is 549. The van der Waals surface area contributed by atoms with E-state index in [-0.39, 0.29) is 0 Å². The van der Waals surface area contributed by atoms with Gasteiger partial charge in [0, 0.05) is 12.7 Å². The standard InChI is InChI=1S/C15H20N4O2/c1-2-20-11-15-18-13(16)10-14(19-15)17-8-9-21-12-6-4-3-5-7-12/h3-7,10H,2,8-9,11H2,1H3,(H3,16,17,18,19). The van der Waals surface area contributed by atoms with Crippen LogP contribution in [0.1, 0.15) is 12.7 Å². The third-order valence-electron chi connectivity index (χ3n) is 2.65. The number of anilines is 2. The van der Waals surface area contributed by atoms with Crippen LogP contribution in [0.3, 0.4) is 0 Å². The Morgan fingerprint density at radius 2 is 2.00 bits per heavy atom. The Labute approximate surface area is 124 Å². The Balaban J connectivity index is 1.81. The summed E-state index contributed by atoms with van der Waals surface area (Å²) in [5.41, 5.74) is 5.75. The van der Waals surface area contributed by atoms with Gasteiger partial charge in [-0.1, -0.05) is 18.2 Å². The average Bonchev–Trinajstić information content (AvgIpc) is 2.50. The molecule has 0 amide bonds. The molecule has 6 nitrogen and oxygen atoms in total. The van der Waals surface area contributed by atoms with Gasteiger partial charge in [-0.3, -0.25) is 0 Å². The predicted molar refractivity (Wildman–Crippen MR) is 82.2 cm³/mol. The lowest BCUT2D eigenvalue weighted by molar-refractivity contribution is 0.128. The minimum Gasteiger partial charge on any atom is -0.492 e. The van der Waals surface area contributed by atoms with E-state index in [2.05, 4.69) is 15.3 Å². The van der Waals surface area contributed by atoms with Crippen molar-refractivity contribution < 1.29 is 9.47 Å². The number of ether oxygens (including phenoxy) is 2. The van der Waals surface area contributed by atoms with Gasteiger partial charge in [0.25, 0.3) is 0 Å². The van der Waals surface area contributed by atoms with Gasteiger partial charge < -0.3 is 20.5 Å². The number of para-hydroxylation sites is 1. The smallest absolute Gasteiger partial charge is 0.158 e. The molecule has 1 aromatic heterocycles. The van der Waals surface area contributed by atoms with E-state index < -0.39 is 0 Å². The number of rotatable bonds is 8. The normalized spacial score (nSPS) is 10.3. The van der Waals surface area contributed by atoms with Crippen molar-refractivity contribution in [2.75, 3.05) is 30.8 Å². The Morgan fingerprint density at radius 1 is 1.19 bits per heavy atom. The number of hydrogen-bond acceptors (Lipinski definition) is 6. The second kappa shape index (κ2) is 8.06. The van der Waals surface area contributed by atoms with Gasteiger partial charge in [0.15, 0.2) is 5.82 Å². The van der Waals surface area contributed by atoms with E-state index in [0.717, 1.165) is 5.75 Å². The molecule has 0 radical (unpaired) electrons. The highest BCUT2D eigenvalue weighted by atomic mass is 16.5. The lowest BCUT2D eigenvalue weighted by Gasteiger charge is -2.09. The van der Waals surface area contributed by atoms with E-state index in [4.69, 9.17) is 15.2 Å². The maximum absolute atomic E-state index is 5.75. The molecule has 0 saturated carbocycles. The van der Waals surface area contributed by atoms with Gasteiger partial charge in [0.1, 0.15) is 30.6 Å². The number of nitrogens with two attached hydrogens (primary N) is 1. The highest BCUT2D eigenvalue weighted by Gasteiger charge is 2.02. The van der Waals surface area contributed by atoms with Gasteiger partial charge in [-0.15, -0.1) is 0 Å². The van der Waals surface area contributed by atoms with Crippen molar-refractivity contribution in [1.82, 2.24) is 9.97 Å². The van der Waals surface area contributed by atoms with E-state index in [0.29, 0.717) is 43.8 Å². The molecule has 1 heterocycles. The van der Waals surface area contributed by atoms with Crippen molar-refractivity contribution in [1.29, 1.82) is 0 Å². The zero-order chi connectivity index (χ0) is 14.9. The zero-order valence-electron chi connectivity index (χ0n) is 12.1. The highest BCUT2D eigenvalue weighted by molar-refractivity contribution is 5.44. The lowest BCUT2D eigenvalue weighted by Crippen LogP contribution is -2.14. The van der Waals surface area contributed by atoms with Crippen LogP contribution in [0.25, 0.3) is 0 Å². The van der Waals surface area contributed by atoms with Crippen molar-refractivity contribution in [3.8, 4) is 5.75 Å². The van der Waals surface area contributed by atoms with Gasteiger partial charge in [-0.25, -0.2) is 9.97 Å². The summed E-state index contributed by atoms with van der Waals surface area (Å²) >= 11 is 0. The monoisotopic (exact) mass is 288 g/mol. The fraction of sp³-hybridized carbons (Fsp3) is 0.333. The van der Waals surface area contributed by atoms with E-state index >= 15 is 0 Å². The molecule has 0 unspecified atom stereocenters. The second-order valence-corrected chi connectivity index (χ2v) is 4.32. The maximum Gasteiger partial charge on any atom is 0.158 e. The first-order valence-electron chi connectivity index (χ1n) is 6.91. The summed E-state index contributed by atoms with van der Waals surface area (Å²) in [6, 6.07) is 11.4. The summed E-state index contributed by atoms with van der Waals surface area (Å²) in [6.07, 6.45) is 0. The quantitative estimate of drug-likeness (QED) is 0.724. The van der Waals surface area contributed by atoms with Crippen LogP contribution < -0.4 is 15.8 Å². The third-order valence-corrected chi connectivity index (χ3v) is 2.65. The number of hydrogen-bond donors (Lipinski definition) is 2. The summed E-state index contributed by atoms with van der Waals surface area (Å²) < 4.78 is 10.9. The molecule has 2 rings (SSSR count). The van der Waals surface area contributed by atoms with Crippen molar-refractivity contribution in [2.24, 2.45) is 0 Å². The molecule has 0 spiro atoms.